The van der Waals surface area contributed by atoms with Gasteiger partial charge in [0.2, 0.25) is 0 Å². The predicted octanol–water partition coefficient (Wildman–Crippen LogP) is 4.27. The minimum absolute atomic E-state index is 0.0788. The number of hydrogen-bond acceptors (Lipinski definition) is 4. The van der Waals surface area contributed by atoms with E-state index in [0.717, 1.165) is 32.1 Å². The standard InChI is InChI=1S/C22H30O4S/c1-21-8-5-14(23)11-13(21)12-17(27-10-7-19(25)26)20-15-3-4-18(24)22(15,2)9-6-16(20)21/h11,15-17,20H,3-10,12H2,1-2H3,(H,25,26)/t15-,16+,17?,20-,21-,22-/m0/s1. The molecule has 4 aliphatic carbocycles. The molecule has 3 fully saturated rings. The van der Waals surface area contributed by atoms with Gasteiger partial charge in [0.25, 0.3) is 0 Å². The van der Waals surface area contributed by atoms with E-state index in [9.17, 15) is 14.4 Å². The lowest BCUT2D eigenvalue weighted by molar-refractivity contribution is -0.136. The lowest BCUT2D eigenvalue weighted by atomic mass is 9.47. The van der Waals surface area contributed by atoms with Gasteiger partial charge in [0, 0.05) is 29.3 Å². The van der Waals surface area contributed by atoms with Crippen molar-refractivity contribution in [1.82, 2.24) is 0 Å². The number of carboxylic acid groups (broad SMARTS) is 1. The first-order valence-corrected chi connectivity index (χ1v) is 11.4. The average molecular weight is 391 g/mol. The first-order valence-electron chi connectivity index (χ1n) is 10.4. The number of rotatable bonds is 4. The maximum atomic E-state index is 12.7. The Labute approximate surface area is 165 Å². The van der Waals surface area contributed by atoms with Gasteiger partial charge in [0.05, 0.1) is 6.42 Å². The summed E-state index contributed by atoms with van der Waals surface area (Å²) in [6.07, 6.45) is 8.25. The number of allylic oxidation sites excluding steroid dienone is 1. The first-order chi connectivity index (χ1) is 12.8. The topological polar surface area (TPSA) is 71.4 Å². The molecule has 0 aromatic carbocycles. The van der Waals surface area contributed by atoms with E-state index in [1.54, 1.807) is 11.8 Å². The summed E-state index contributed by atoms with van der Waals surface area (Å²) >= 11 is 1.77. The molecule has 0 radical (unpaired) electrons. The van der Waals surface area contributed by atoms with Crippen LogP contribution >= 0.6 is 11.8 Å². The highest BCUT2D eigenvalue weighted by molar-refractivity contribution is 7.99. The summed E-state index contributed by atoms with van der Waals surface area (Å²) in [5.41, 5.74) is 1.19. The Balaban J connectivity index is 1.68. The Morgan fingerprint density at radius 2 is 1.89 bits per heavy atom. The third-order valence-corrected chi connectivity index (χ3v) is 9.67. The van der Waals surface area contributed by atoms with Crippen LogP contribution in [0.1, 0.15) is 65.2 Å². The smallest absolute Gasteiger partial charge is 0.304 e. The number of hydrogen-bond donors (Lipinski definition) is 1. The second kappa shape index (κ2) is 6.75. The van der Waals surface area contributed by atoms with Gasteiger partial charge in [0.15, 0.2) is 5.78 Å². The van der Waals surface area contributed by atoms with Crippen molar-refractivity contribution < 1.29 is 19.5 Å². The van der Waals surface area contributed by atoms with Gasteiger partial charge in [0.1, 0.15) is 5.78 Å². The van der Waals surface area contributed by atoms with Crippen LogP contribution in [0.2, 0.25) is 0 Å². The Morgan fingerprint density at radius 3 is 2.63 bits per heavy atom. The minimum Gasteiger partial charge on any atom is -0.481 e. The van der Waals surface area contributed by atoms with Crippen molar-refractivity contribution in [3.63, 3.8) is 0 Å². The lowest BCUT2D eigenvalue weighted by Crippen LogP contribution is -2.54. The second-order valence-corrected chi connectivity index (χ2v) is 10.9. The molecule has 0 amide bonds. The number of carboxylic acids is 1. The van der Waals surface area contributed by atoms with Crippen LogP contribution in [0.4, 0.5) is 0 Å². The number of aliphatic carboxylic acids is 1. The van der Waals surface area contributed by atoms with Crippen LogP contribution in [-0.4, -0.2) is 33.6 Å². The van der Waals surface area contributed by atoms with Crippen LogP contribution in [0.15, 0.2) is 11.6 Å². The monoisotopic (exact) mass is 390 g/mol. The Bertz CT molecular complexity index is 713. The molecule has 4 aliphatic rings. The molecule has 0 saturated heterocycles. The van der Waals surface area contributed by atoms with Crippen molar-refractivity contribution in [2.75, 3.05) is 5.75 Å². The van der Waals surface area contributed by atoms with E-state index < -0.39 is 5.97 Å². The predicted molar refractivity (Wildman–Crippen MR) is 106 cm³/mol. The van der Waals surface area contributed by atoms with Gasteiger partial charge in [-0.05, 0) is 61.3 Å². The van der Waals surface area contributed by atoms with E-state index in [1.165, 1.54) is 5.57 Å². The Morgan fingerprint density at radius 1 is 1.15 bits per heavy atom. The molecular weight excluding hydrogens is 360 g/mol. The molecule has 0 aromatic rings. The van der Waals surface area contributed by atoms with Crippen molar-refractivity contribution in [2.45, 2.75) is 70.5 Å². The molecule has 148 valence electrons. The maximum absolute atomic E-state index is 12.7. The van der Waals surface area contributed by atoms with E-state index >= 15 is 0 Å². The zero-order valence-corrected chi connectivity index (χ0v) is 17.1. The van der Waals surface area contributed by atoms with E-state index in [1.807, 2.05) is 6.08 Å². The summed E-state index contributed by atoms with van der Waals surface area (Å²) in [5.74, 6) is 1.93. The molecule has 0 aromatic heterocycles. The molecule has 5 heteroatoms. The molecule has 0 bridgehead atoms. The molecule has 27 heavy (non-hydrogen) atoms. The normalized spacial score (nSPS) is 43.6. The average Bonchev–Trinajstić information content (AvgIpc) is 2.91. The molecule has 6 atom stereocenters. The molecule has 1 N–H and O–H groups in total. The van der Waals surface area contributed by atoms with Crippen LogP contribution in [0.3, 0.4) is 0 Å². The quantitative estimate of drug-likeness (QED) is 0.776. The molecule has 4 nitrogen and oxygen atoms in total. The molecule has 0 heterocycles. The van der Waals surface area contributed by atoms with Crippen LogP contribution in [0.5, 0.6) is 0 Å². The SMILES string of the molecule is C[C@]12CCC(=O)C=C1CC(SCCC(=O)O)[C@@H]1[C@H]2CC[C@]2(C)C(=O)CC[C@@H]12. The van der Waals surface area contributed by atoms with Crippen molar-refractivity contribution in [2.24, 2.45) is 28.6 Å². The van der Waals surface area contributed by atoms with Crippen molar-refractivity contribution in [3.05, 3.63) is 11.6 Å². The van der Waals surface area contributed by atoms with Crippen LogP contribution < -0.4 is 0 Å². The van der Waals surface area contributed by atoms with E-state index in [0.29, 0.717) is 47.4 Å². The van der Waals surface area contributed by atoms with Gasteiger partial charge in [-0.25, -0.2) is 0 Å². The van der Waals surface area contributed by atoms with Crippen LogP contribution in [-0.2, 0) is 14.4 Å². The van der Waals surface area contributed by atoms with Crippen LogP contribution in [0.25, 0.3) is 0 Å². The van der Waals surface area contributed by atoms with Gasteiger partial charge in [-0.2, -0.15) is 11.8 Å². The summed E-state index contributed by atoms with van der Waals surface area (Å²) in [5, 5.41) is 9.38. The van der Waals surface area contributed by atoms with E-state index in [4.69, 9.17) is 5.11 Å². The third kappa shape index (κ3) is 3.01. The summed E-state index contributed by atoms with van der Waals surface area (Å²) in [6, 6.07) is 0. The number of ketones is 2. The highest BCUT2D eigenvalue weighted by Gasteiger charge is 2.61. The molecule has 3 saturated carbocycles. The fraction of sp³-hybridized carbons (Fsp3) is 0.773. The highest BCUT2D eigenvalue weighted by Crippen LogP contribution is 2.65. The molecule has 4 rings (SSSR count). The lowest BCUT2D eigenvalue weighted by Gasteiger charge is -2.59. The zero-order chi connectivity index (χ0) is 19.4. The van der Waals surface area contributed by atoms with Crippen molar-refractivity contribution in [3.8, 4) is 0 Å². The number of Topliss-reactive ketones (excluding diaryl/α,β-unsaturated/α-hetero) is 1. The summed E-state index contributed by atoms with van der Waals surface area (Å²) in [7, 11) is 0. The molecule has 0 spiro atoms. The third-order valence-electron chi connectivity index (χ3n) is 8.32. The van der Waals surface area contributed by atoms with Gasteiger partial charge < -0.3 is 5.11 Å². The first kappa shape index (κ1) is 19.2. The highest BCUT2D eigenvalue weighted by atomic mass is 32.2. The second-order valence-electron chi connectivity index (χ2n) is 9.52. The largest absolute Gasteiger partial charge is 0.481 e. The number of fused-ring (bicyclic) bond motifs is 5. The maximum Gasteiger partial charge on any atom is 0.304 e. The Hall–Kier alpha value is -1.10. The fourth-order valence-electron chi connectivity index (χ4n) is 6.74. The summed E-state index contributed by atoms with van der Waals surface area (Å²) in [6.45, 7) is 4.53. The van der Waals surface area contributed by atoms with Crippen LogP contribution in [0, 0.1) is 28.6 Å². The van der Waals surface area contributed by atoms with Gasteiger partial charge in [-0.1, -0.05) is 19.4 Å². The zero-order valence-electron chi connectivity index (χ0n) is 16.3. The summed E-state index contributed by atoms with van der Waals surface area (Å²) < 4.78 is 0. The fourth-order valence-corrected chi connectivity index (χ4v) is 8.23. The molecule has 1 unspecified atom stereocenters. The van der Waals surface area contributed by atoms with E-state index in [2.05, 4.69) is 13.8 Å². The number of thioether (sulfide) groups is 1. The van der Waals surface area contributed by atoms with Crippen molar-refractivity contribution in [1.29, 1.82) is 0 Å². The van der Waals surface area contributed by atoms with E-state index in [-0.39, 0.29) is 23.0 Å². The van der Waals surface area contributed by atoms with Gasteiger partial charge >= 0.3 is 5.97 Å². The number of carbonyl (C=O) groups excluding carboxylic acids is 2. The van der Waals surface area contributed by atoms with Gasteiger partial charge in [-0.3, -0.25) is 14.4 Å². The number of carbonyl (C=O) groups is 3. The summed E-state index contributed by atoms with van der Waals surface area (Å²) in [4.78, 5) is 35.8. The Kier molecular flexibility index (Phi) is 4.81. The van der Waals surface area contributed by atoms with Gasteiger partial charge in [-0.15, -0.1) is 0 Å². The molecular formula is C22H30O4S. The molecule has 0 aliphatic heterocycles. The van der Waals surface area contributed by atoms with Crippen molar-refractivity contribution >= 4 is 29.3 Å². The minimum atomic E-state index is -0.753.